The summed E-state index contributed by atoms with van der Waals surface area (Å²) in [7, 11) is 2.50. The molecule has 4 nitrogen and oxygen atoms in total. The molecule has 0 N–H and O–H groups in total. The first kappa shape index (κ1) is 36.4. The molecule has 0 saturated carbocycles. The second-order valence-electron chi connectivity index (χ2n) is 7.88. The number of ketones is 4. The van der Waals surface area contributed by atoms with Crippen molar-refractivity contribution in [3.63, 3.8) is 0 Å². The van der Waals surface area contributed by atoms with E-state index in [9.17, 15) is 28.0 Å². The molecular weight excluding hydrogens is 492 g/mol. The van der Waals surface area contributed by atoms with Crippen molar-refractivity contribution in [1.82, 2.24) is 0 Å². The normalized spacial score (nSPS) is 10.7. The van der Waals surface area contributed by atoms with Crippen molar-refractivity contribution in [2.45, 2.75) is 41.0 Å². The van der Waals surface area contributed by atoms with Crippen LogP contribution < -0.4 is 103 Å². The zero-order valence-electron chi connectivity index (χ0n) is 23.2. The van der Waals surface area contributed by atoms with E-state index in [0.717, 1.165) is 0 Å². The minimum absolute atomic E-state index is 0. The Hall–Kier alpha value is 0.253. The maximum Gasteiger partial charge on any atom is 1.00 e. The van der Waals surface area contributed by atoms with E-state index in [1.807, 2.05) is 0 Å². The Morgan fingerprint density at radius 1 is 0.765 bits per heavy atom. The van der Waals surface area contributed by atoms with Crippen molar-refractivity contribution < 1.29 is 134 Å². The van der Waals surface area contributed by atoms with Crippen LogP contribution >= 0.6 is 0 Å². The molecule has 0 fully saturated rings. The van der Waals surface area contributed by atoms with Gasteiger partial charge in [-0.1, -0.05) is 27.7 Å². The summed E-state index contributed by atoms with van der Waals surface area (Å²) >= 11 is 0. The average molecular weight is 527 g/mol. The predicted molar refractivity (Wildman–Crippen MR) is 122 cm³/mol. The van der Waals surface area contributed by atoms with Crippen LogP contribution in [0.3, 0.4) is 0 Å². The first-order chi connectivity index (χ1) is 15.4. The molecule has 2 rings (SSSR count). The minimum Gasteiger partial charge on any atom is -1.00 e. The van der Waals surface area contributed by atoms with Crippen molar-refractivity contribution in [2.75, 3.05) is 0 Å². The van der Waals surface area contributed by atoms with Crippen LogP contribution in [-0.4, -0.2) is 23.1 Å². The second kappa shape index (κ2) is 19.4. The van der Waals surface area contributed by atoms with Gasteiger partial charge in [0, 0.05) is 23.0 Å². The first-order valence-electron chi connectivity index (χ1n) is 10.8. The van der Waals surface area contributed by atoms with Gasteiger partial charge in [0.1, 0.15) is 23.2 Å². The van der Waals surface area contributed by atoms with Crippen molar-refractivity contribution in [3.8, 4) is 0 Å². The summed E-state index contributed by atoms with van der Waals surface area (Å²) in [6.07, 6.45) is -0.108. The molecule has 2 aromatic carbocycles. The Kier molecular flexibility index (Phi) is 20.7. The van der Waals surface area contributed by atoms with Crippen LogP contribution in [0.15, 0.2) is 48.5 Å². The van der Waals surface area contributed by atoms with Crippen molar-refractivity contribution in [3.05, 3.63) is 78.7 Å². The quantitative estimate of drug-likeness (QED) is 0.211. The third-order valence-corrected chi connectivity index (χ3v) is 4.66. The number of hydrogen-bond donors (Lipinski definition) is 0. The monoisotopic (exact) mass is 526 g/mol. The molecule has 2 aromatic rings. The summed E-state index contributed by atoms with van der Waals surface area (Å²) in [6, 6.07) is 10.5. The van der Waals surface area contributed by atoms with Gasteiger partial charge in [-0.05, 0) is 55.5 Å². The van der Waals surface area contributed by atoms with Crippen molar-refractivity contribution >= 4 is 23.1 Å². The molecule has 34 heavy (non-hydrogen) atoms. The fourth-order valence-corrected chi connectivity index (χ4v) is 2.59. The zero-order valence-corrected chi connectivity index (χ0v) is 27.4. The molecule has 8 heteroatoms. The summed E-state index contributed by atoms with van der Waals surface area (Å²) < 4.78 is 30.7. The van der Waals surface area contributed by atoms with E-state index in [-0.39, 0.29) is 157 Å². The number of benzene rings is 2. The Balaban J connectivity index is -0.000000247. The van der Waals surface area contributed by atoms with Crippen LogP contribution in [0.4, 0.5) is 8.78 Å². The molecule has 0 aliphatic carbocycles. The topological polar surface area (TPSA) is 68.3 Å². The summed E-state index contributed by atoms with van der Waals surface area (Å²) in [5.74, 6) is -2.44. The van der Waals surface area contributed by atoms with Gasteiger partial charge in [-0.15, -0.1) is 0 Å². The Morgan fingerprint density at radius 3 is 1.50 bits per heavy atom. The van der Waals surface area contributed by atoms with E-state index in [1.165, 1.54) is 48.5 Å². The van der Waals surface area contributed by atoms with Gasteiger partial charge in [-0.2, -0.15) is 0 Å². The molecule has 0 bridgehead atoms. The SMILES string of the molecule is CC(C)C(=O)C(C)C(=O)c1ccc(F)cc1.CC(C)C(=O)CC(=O)c1ccc(F)cc1.[2H-].[2H][CH2-].[K+].[K+]. The maximum atomic E-state index is 12.7. The number of halogens is 2. The summed E-state index contributed by atoms with van der Waals surface area (Å²) in [5, 5.41) is 0. The van der Waals surface area contributed by atoms with Gasteiger partial charge < -0.3 is 8.83 Å². The molecule has 0 heterocycles. The Bertz CT molecular complexity index is 936. The predicted octanol–water partition coefficient (Wildman–Crippen LogP) is 0.0640. The van der Waals surface area contributed by atoms with Crippen LogP contribution in [0, 0.1) is 36.8 Å². The molecule has 0 amide bonds. The fourth-order valence-electron chi connectivity index (χ4n) is 2.59. The van der Waals surface area contributed by atoms with Crippen LogP contribution in [-0.2, 0) is 9.59 Å². The smallest absolute Gasteiger partial charge is 1.00 e. The summed E-state index contributed by atoms with van der Waals surface area (Å²) in [5.41, 5.74) is 0.758. The second-order valence-corrected chi connectivity index (χ2v) is 7.88. The first-order valence-corrected chi connectivity index (χ1v) is 10.1. The number of rotatable bonds is 8. The number of hydrogen-bond acceptors (Lipinski definition) is 4. The van der Waals surface area contributed by atoms with E-state index in [0.29, 0.717) is 11.1 Å². The number of carbonyl (C=O) groups excluding carboxylic acids is 4. The molecule has 176 valence electrons. The fraction of sp³-hybridized carbons (Fsp3) is 0.346. The molecule has 0 radical (unpaired) electrons. The van der Waals surface area contributed by atoms with Crippen LogP contribution in [0.2, 0.25) is 0 Å². The standard InChI is InChI=1S/C13H15FO2.C12H13FO2.CH3.2K.H/c1-8(2)12(15)9(3)13(16)10-4-6-11(14)7-5-10;1-8(2)11(14)7-12(15)9-3-5-10(13)6-4-9;;;;/h4-9H,1-3H3;3-6,8H,7H2,1-2H3;1H3;;;/q;;-1;2*+1;-1/i;;1D;;;1+1. The third-order valence-electron chi connectivity index (χ3n) is 4.66. The Labute approximate surface area is 289 Å². The van der Waals surface area contributed by atoms with Crippen LogP contribution in [0.25, 0.3) is 0 Å². The average Bonchev–Trinajstić information content (AvgIpc) is 2.80. The van der Waals surface area contributed by atoms with Crippen LogP contribution in [0.5, 0.6) is 0 Å². The van der Waals surface area contributed by atoms with Gasteiger partial charge in [0.15, 0.2) is 11.6 Å². The largest absolute Gasteiger partial charge is 1.00 e. The number of Topliss-reactive ketones (excluding diaryl/α,β-unsaturated/α-hetero) is 4. The minimum atomic E-state index is -0.662. The molecule has 1 unspecified atom stereocenters. The van der Waals surface area contributed by atoms with E-state index in [2.05, 4.69) is 7.40 Å². The number of carbonyl (C=O) groups is 4. The van der Waals surface area contributed by atoms with Crippen molar-refractivity contribution in [1.29, 1.82) is 0 Å². The molecule has 0 saturated heterocycles. The maximum absolute atomic E-state index is 12.7. The van der Waals surface area contributed by atoms with Gasteiger partial charge in [0.05, 0.1) is 12.3 Å². The molecule has 0 aliphatic rings. The van der Waals surface area contributed by atoms with E-state index in [1.54, 1.807) is 34.6 Å². The van der Waals surface area contributed by atoms with E-state index >= 15 is 0 Å². The summed E-state index contributed by atoms with van der Waals surface area (Å²) in [4.78, 5) is 46.3. The molecular formula is C26H32F2K2O4. The molecule has 0 aromatic heterocycles. The van der Waals surface area contributed by atoms with Gasteiger partial charge in [0.25, 0.3) is 0 Å². The van der Waals surface area contributed by atoms with Gasteiger partial charge in [0.2, 0.25) is 0 Å². The third kappa shape index (κ3) is 13.5. The van der Waals surface area contributed by atoms with Gasteiger partial charge in [-0.3, -0.25) is 19.2 Å². The van der Waals surface area contributed by atoms with Gasteiger partial charge in [-0.25, -0.2) is 10.2 Å². The van der Waals surface area contributed by atoms with E-state index in [4.69, 9.17) is 1.37 Å². The molecule has 0 spiro atoms. The van der Waals surface area contributed by atoms with E-state index < -0.39 is 5.92 Å². The molecule has 0 aliphatic heterocycles. The molecule has 1 atom stereocenters. The van der Waals surface area contributed by atoms with Crippen LogP contribution in [0.1, 0.15) is 64.6 Å². The Morgan fingerprint density at radius 2 is 1.15 bits per heavy atom. The van der Waals surface area contributed by atoms with Gasteiger partial charge >= 0.3 is 103 Å². The zero-order chi connectivity index (χ0) is 25.7. The van der Waals surface area contributed by atoms with Crippen molar-refractivity contribution in [2.24, 2.45) is 17.8 Å². The summed E-state index contributed by atoms with van der Waals surface area (Å²) in [6.45, 7) is 8.61.